The average molecular weight is 522 g/mol. The number of hydrogen-bond acceptors (Lipinski definition) is 5. The molecule has 2 amide bonds. The molecule has 1 aliphatic heterocycles. The van der Waals surface area contributed by atoms with Gasteiger partial charge in [0, 0.05) is 42.8 Å². The Morgan fingerprint density at radius 2 is 1.51 bits per heavy atom. The molecule has 1 aromatic heterocycles. The lowest BCUT2D eigenvalue weighted by Crippen LogP contribution is -2.38. The number of amides is 2. The van der Waals surface area contributed by atoms with Crippen molar-refractivity contribution in [2.45, 2.75) is 33.1 Å². The number of carbonyl (C=O) groups excluding carboxylic acids is 2. The molecular formula is C32H35N5O2. The van der Waals surface area contributed by atoms with E-state index >= 15 is 0 Å². The smallest absolute Gasteiger partial charge is 0.256 e. The Hall–Kier alpha value is -4.10. The van der Waals surface area contributed by atoms with Crippen molar-refractivity contribution >= 4 is 28.4 Å². The molecule has 0 spiro atoms. The zero-order valence-electron chi connectivity index (χ0n) is 22.7. The van der Waals surface area contributed by atoms with E-state index in [0.29, 0.717) is 43.0 Å². The predicted molar refractivity (Wildman–Crippen MR) is 156 cm³/mol. The third kappa shape index (κ3) is 5.83. The maximum absolute atomic E-state index is 14.0. The van der Waals surface area contributed by atoms with Crippen molar-refractivity contribution < 1.29 is 9.59 Å². The molecule has 7 nitrogen and oxygen atoms in total. The standard InChI is InChI=1S/C32H35N5O2/c1-3-23-14-10-15-24(4-2)30(23)33-28(38)22-36-18-11-19-37(21-20-36)32(39)29-26-16-8-9-17-27(26)34-35-31(29)25-12-6-5-7-13-25/h5-10,12-17H,3-4,11,18-22H2,1-2H3,(H,33,38). The second kappa shape index (κ2) is 12.2. The van der Waals surface area contributed by atoms with Crippen LogP contribution in [0.3, 0.4) is 0 Å². The lowest BCUT2D eigenvalue weighted by atomic mass is 10.0. The summed E-state index contributed by atoms with van der Waals surface area (Å²) in [5.41, 5.74) is 6.01. The molecule has 0 unspecified atom stereocenters. The Kier molecular flexibility index (Phi) is 8.27. The lowest BCUT2D eigenvalue weighted by Gasteiger charge is -2.23. The molecule has 0 radical (unpaired) electrons. The van der Waals surface area contributed by atoms with Crippen LogP contribution in [0.15, 0.2) is 72.8 Å². The van der Waals surface area contributed by atoms with Gasteiger partial charge >= 0.3 is 0 Å². The zero-order valence-corrected chi connectivity index (χ0v) is 22.7. The van der Waals surface area contributed by atoms with Gasteiger partial charge in [0.15, 0.2) is 0 Å². The Labute approximate surface area is 229 Å². The molecule has 200 valence electrons. The third-order valence-corrected chi connectivity index (χ3v) is 7.44. The molecule has 1 N–H and O–H groups in total. The molecule has 0 saturated carbocycles. The van der Waals surface area contributed by atoms with Crippen LogP contribution in [0.1, 0.15) is 41.8 Å². The van der Waals surface area contributed by atoms with E-state index in [4.69, 9.17) is 0 Å². The Morgan fingerprint density at radius 1 is 0.795 bits per heavy atom. The van der Waals surface area contributed by atoms with E-state index in [9.17, 15) is 9.59 Å². The minimum absolute atomic E-state index is 0.0129. The summed E-state index contributed by atoms with van der Waals surface area (Å²) in [6, 6.07) is 23.6. The number of rotatable bonds is 7. The van der Waals surface area contributed by atoms with Gasteiger partial charge in [0.05, 0.1) is 17.6 Å². The quantitative estimate of drug-likeness (QED) is 0.361. The Bertz CT molecular complexity index is 1450. The van der Waals surface area contributed by atoms with Crippen LogP contribution in [-0.2, 0) is 17.6 Å². The van der Waals surface area contributed by atoms with Gasteiger partial charge in [0.1, 0.15) is 5.69 Å². The van der Waals surface area contributed by atoms with Gasteiger partial charge in [0.2, 0.25) is 5.91 Å². The molecule has 1 aliphatic rings. The highest BCUT2D eigenvalue weighted by Crippen LogP contribution is 2.28. The van der Waals surface area contributed by atoms with Crippen LogP contribution < -0.4 is 5.32 Å². The monoisotopic (exact) mass is 521 g/mol. The van der Waals surface area contributed by atoms with Crippen molar-refractivity contribution in [2.75, 3.05) is 38.0 Å². The van der Waals surface area contributed by atoms with Crippen LogP contribution in [0.4, 0.5) is 5.69 Å². The number of nitrogens with zero attached hydrogens (tertiary/aromatic N) is 4. The second-order valence-electron chi connectivity index (χ2n) is 9.94. The summed E-state index contributed by atoms with van der Waals surface area (Å²) in [7, 11) is 0. The minimum atomic E-state index is -0.0456. The van der Waals surface area contributed by atoms with E-state index in [2.05, 4.69) is 52.5 Å². The molecule has 1 saturated heterocycles. The molecule has 39 heavy (non-hydrogen) atoms. The van der Waals surface area contributed by atoms with Gasteiger partial charge in [-0.05, 0) is 36.5 Å². The van der Waals surface area contributed by atoms with E-state index < -0.39 is 0 Å². The normalized spacial score (nSPS) is 14.3. The molecule has 4 aromatic rings. The molecule has 5 rings (SSSR count). The maximum Gasteiger partial charge on any atom is 0.256 e. The van der Waals surface area contributed by atoms with E-state index in [1.165, 1.54) is 0 Å². The van der Waals surface area contributed by atoms with E-state index in [0.717, 1.165) is 53.6 Å². The first-order chi connectivity index (χ1) is 19.1. The highest BCUT2D eigenvalue weighted by atomic mass is 16.2. The number of carbonyl (C=O) groups is 2. The van der Waals surface area contributed by atoms with Crippen molar-refractivity contribution in [2.24, 2.45) is 0 Å². The third-order valence-electron chi connectivity index (χ3n) is 7.44. The number of benzene rings is 3. The highest BCUT2D eigenvalue weighted by Gasteiger charge is 2.26. The first-order valence-corrected chi connectivity index (χ1v) is 13.8. The van der Waals surface area contributed by atoms with Crippen molar-refractivity contribution in [1.82, 2.24) is 20.0 Å². The summed E-state index contributed by atoms with van der Waals surface area (Å²) in [6.07, 6.45) is 2.53. The number of fused-ring (bicyclic) bond motifs is 1. The fraction of sp³-hybridized carbons (Fsp3) is 0.312. The van der Waals surface area contributed by atoms with E-state index in [1.54, 1.807) is 0 Å². The lowest BCUT2D eigenvalue weighted by molar-refractivity contribution is -0.117. The summed E-state index contributed by atoms with van der Waals surface area (Å²) in [5.74, 6) is -0.0585. The molecule has 0 atom stereocenters. The van der Waals surface area contributed by atoms with Gasteiger partial charge < -0.3 is 10.2 Å². The minimum Gasteiger partial charge on any atom is -0.337 e. The van der Waals surface area contributed by atoms with Crippen molar-refractivity contribution in [1.29, 1.82) is 0 Å². The number of nitrogens with one attached hydrogen (secondary N) is 1. The molecule has 0 bridgehead atoms. The molecule has 3 aromatic carbocycles. The first kappa shape index (κ1) is 26.5. The summed E-state index contributed by atoms with van der Waals surface area (Å²) in [4.78, 5) is 31.1. The van der Waals surface area contributed by atoms with Gasteiger partial charge in [0.25, 0.3) is 5.91 Å². The van der Waals surface area contributed by atoms with Gasteiger partial charge in [-0.3, -0.25) is 14.5 Å². The highest BCUT2D eigenvalue weighted by molar-refractivity contribution is 6.10. The van der Waals surface area contributed by atoms with Gasteiger partial charge in [-0.25, -0.2) is 0 Å². The van der Waals surface area contributed by atoms with Crippen molar-refractivity contribution in [3.63, 3.8) is 0 Å². The van der Waals surface area contributed by atoms with Gasteiger partial charge in [-0.2, -0.15) is 0 Å². The van der Waals surface area contributed by atoms with E-state index in [1.807, 2.05) is 59.5 Å². The summed E-state index contributed by atoms with van der Waals surface area (Å²) in [5, 5.41) is 12.9. The Morgan fingerprint density at radius 3 is 2.26 bits per heavy atom. The van der Waals surface area contributed by atoms with Crippen LogP contribution in [0.25, 0.3) is 22.2 Å². The van der Waals surface area contributed by atoms with Crippen LogP contribution >= 0.6 is 0 Å². The van der Waals surface area contributed by atoms with E-state index in [-0.39, 0.29) is 11.8 Å². The number of aryl methyl sites for hydroxylation is 2. The van der Waals surface area contributed by atoms with Crippen molar-refractivity contribution in [3.05, 3.63) is 89.5 Å². The summed E-state index contributed by atoms with van der Waals surface area (Å²) >= 11 is 0. The van der Waals surface area contributed by atoms with Crippen molar-refractivity contribution in [3.8, 4) is 11.3 Å². The zero-order chi connectivity index (χ0) is 27.2. The average Bonchev–Trinajstić information content (AvgIpc) is 3.22. The van der Waals surface area contributed by atoms with Crippen LogP contribution in [0, 0.1) is 0 Å². The number of anilines is 1. The largest absolute Gasteiger partial charge is 0.337 e. The topological polar surface area (TPSA) is 78.4 Å². The fourth-order valence-electron chi connectivity index (χ4n) is 5.34. The summed E-state index contributed by atoms with van der Waals surface area (Å²) < 4.78 is 0. The van der Waals surface area contributed by atoms with Crippen LogP contribution in [0.2, 0.25) is 0 Å². The predicted octanol–water partition coefficient (Wildman–Crippen LogP) is 5.21. The number of para-hydroxylation sites is 1. The van der Waals surface area contributed by atoms with Crippen LogP contribution in [0.5, 0.6) is 0 Å². The fourth-order valence-corrected chi connectivity index (χ4v) is 5.34. The Balaban J connectivity index is 1.32. The van der Waals surface area contributed by atoms with Crippen LogP contribution in [-0.4, -0.2) is 64.5 Å². The SMILES string of the molecule is CCc1cccc(CC)c1NC(=O)CN1CCCN(C(=O)c2c(-c3ccccc3)nnc3ccccc23)CC1. The number of aromatic nitrogens is 2. The molecule has 2 heterocycles. The summed E-state index contributed by atoms with van der Waals surface area (Å²) in [6.45, 7) is 7.08. The number of hydrogen-bond donors (Lipinski definition) is 1. The van der Waals surface area contributed by atoms with Gasteiger partial charge in [-0.15, -0.1) is 10.2 Å². The maximum atomic E-state index is 14.0. The molecular weight excluding hydrogens is 486 g/mol. The van der Waals surface area contributed by atoms with Gasteiger partial charge in [-0.1, -0.05) is 80.6 Å². The molecule has 1 fully saturated rings. The molecule has 7 heteroatoms. The molecule has 0 aliphatic carbocycles. The first-order valence-electron chi connectivity index (χ1n) is 13.8. The second-order valence-corrected chi connectivity index (χ2v) is 9.94.